The van der Waals surface area contributed by atoms with E-state index in [0.717, 1.165) is 31.6 Å². The lowest BCUT2D eigenvalue weighted by molar-refractivity contribution is 0.106. The van der Waals surface area contributed by atoms with E-state index in [-0.39, 0.29) is 17.9 Å². The lowest BCUT2D eigenvalue weighted by atomic mass is 9.58. The molecule has 0 spiro atoms. The summed E-state index contributed by atoms with van der Waals surface area (Å²) < 4.78 is 0. The number of aliphatic hydroxyl groups excluding tert-OH is 1. The smallest absolute Gasteiger partial charge is 0.0608 e. The predicted molar refractivity (Wildman–Crippen MR) is 445 cm³/mol. The van der Waals surface area contributed by atoms with Gasteiger partial charge >= 0.3 is 0 Å². The largest absolute Gasteiger partial charge is 0.392 e. The van der Waals surface area contributed by atoms with Gasteiger partial charge in [0.2, 0.25) is 0 Å². The molecular weight excluding hydrogens is 1280 g/mol. The maximum Gasteiger partial charge on any atom is 0.0608 e. The van der Waals surface area contributed by atoms with E-state index in [4.69, 9.17) is 0 Å². The van der Waals surface area contributed by atoms with Gasteiger partial charge in [-0.25, -0.2) is 0 Å². The van der Waals surface area contributed by atoms with Crippen molar-refractivity contribution in [2.75, 3.05) is 0 Å². The molecule has 0 heterocycles. The molecule has 0 bridgehead atoms. The first kappa shape index (κ1) is 66.5. The lowest BCUT2D eigenvalue weighted by Gasteiger charge is -2.43. The summed E-state index contributed by atoms with van der Waals surface area (Å²) in [7, 11) is 0. The zero-order valence-electron chi connectivity index (χ0n) is 61.3. The van der Waals surface area contributed by atoms with Crippen LogP contribution >= 0.6 is 0 Å². The number of fused-ring (bicyclic) bond motifs is 5. The van der Waals surface area contributed by atoms with Gasteiger partial charge in [0.05, 0.1) is 11.5 Å². The second-order valence-electron chi connectivity index (χ2n) is 32.4. The third-order valence-electron chi connectivity index (χ3n) is 26.5. The Labute approximate surface area is 628 Å². The molecule has 3 unspecified atom stereocenters. The van der Waals surface area contributed by atoms with Gasteiger partial charge in [0.1, 0.15) is 0 Å². The Morgan fingerprint density at radius 2 is 0.651 bits per heavy atom. The summed E-state index contributed by atoms with van der Waals surface area (Å²) in [6.45, 7) is 0. The van der Waals surface area contributed by atoms with Crippen LogP contribution in [0.15, 0.2) is 303 Å². The summed E-state index contributed by atoms with van der Waals surface area (Å²) in [5, 5.41) is 13.7. The molecule has 0 radical (unpaired) electrons. The highest BCUT2D eigenvalue weighted by Crippen LogP contribution is 2.63. The summed E-state index contributed by atoms with van der Waals surface area (Å²) in [4.78, 5) is 0. The van der Waals surface area contributed by atoms with E-state index >= 15 is 0 Å². The van der Waals surface area contributed by atoms with Crippen molar-refractivity contribution in [3.63, 3.8) is 0 Å². The quantitative estimate of drug-likeness (QED) is 0.115. The van der Waals surface area contributed by atoms with E-state index in [9.17, 15) is 5.11 Å². The van der Waals surface area contributed by atoms with Crippen molar-refractivity contribution < 1.29 is 5.11 Å². The molecular formula is C105H96O. The van der Waals surface area contributed by atoms with E-state index in [2.05, 4.69) is 303 Å². The first-order valence-corrected chi connectivity index (χ1v) is 40.5. The standard InChI is InChI=1S/C105H96O/c106-104-27-15-12-22-95(104)88-58-56-83(57-59-88)82-46-54-87(55-47-82)94-65-92-63-61-90(85-50-42-80(43-51-85)77-36-30-74(31-37-77)71-18-6-2-7-19-71)67-99(92)103(69-94)105(100-25-13-10-23-96(100)97-24-11-14-26-101(97)105)102-68-93(86-52-44-81(45-53-86)78-38-32-75(33-39-78)72-20-8-3-9-21-72)64-91-62-60-89(66-98(91)102)84-48-40-79(41-49-84)76-34-28-73(29-35-76)70-16-4-1-5-17-70/h2,6-7,10-11,13-14,18-19,23-26,28-39,42-47,50-64,66-70,72,79,84,95,103-104,106H,1,3-5,8-9,12,15-17,20-22,27,40-41,48-49,65H2. The lowest BCUT2D eigenvalue weighted by Crippen LogP contribution is -2.36. The van der Waals surface area contributed by atoms with Gasteiger partial charge < -0.3 is 5.11 Å². The van der Waals surface area contributed by atoms with Crippen LogP contribution in [0, 0.1) is 0 Å². The van der Waals surface area contributed by atoms with E-state index in [1.807, 2.05) is 0 Å². The monoisotopic (exact) mass is 1370 g/mol. The van der Waals surface area contributed by atoms with Crippen molar-refractivity contribution >= 4 is 16.3 Å². The molecule has 19 rings (SSSR count). The maximum atomic E-state index is 11.0. The fourth-order valence-electron chi connectivity index (χ4n) is 20.6. The second-order valence-corrected chi connectivity index (χ2v) is 32.4. The molecule has 106 heavy (non-hydrogen) atoms. The summed E-state index contributed by atoms with van der Waals surface area (Å²) in [6.07, 6.45) is 25.8. The number of rotatable bonds is 14. The van der Waals surface area contributed by atoms with E-state index in [0.29, 0.717) is 17.8 Å². The molecule has 6 aliphatic carbocycles. The average Bonchev–Trinajstić information content (AvgIpc) is 1.43. The van der Waals surface area contributed by atoms with E-state index in [1.165, 1.54) is 246 Å². The van der Waals surface area contributed by atoms with E-state index < -0.39 is 5.41 Å². The molecule has 1 nitrogen and oxygen atoms in total. The molecule has 0 aliphatic heterocycles. The van der Waals surface area contributed by atoms with Crippen molar-refractivity contribution in [2.24, 2.45) is 0 Å². The van der Waals surface area contributed by atoms with Crippen molar-refractivity contribution in [1.82, 2.24) is 0 Å². The summed E-state index contributed by atoms with van der Waals surface area (Å²) in [5.41, 5.74) is 33.5. The minimum atomic E-state index is -0.691. The second kappa shape index (κ2) is 28.9. The number of aliphatic hydroxyl groups is 1. The molecule has 4 fully saturated rings. The van der Waals surface area contributed by atoms with Crippen molar-refractivity contribution in [2.45, 2.75) is 169 Å². The van der Waals surface area contributed by atoms with Crippen molar-refractivity contribution in [3.8, 4) is 77.9 Å². The van der Waals surface area contributed by atoms with Crippen LogP contribution in [0.25, 0.3) is 94.2 Å². The summed E-state index contributed by atoms with van der Waals surface area (Å²) >= 11 is 0. The van der Waals surface area contributed by atoms with Crippen LogP contribution in [0.4, 0.5) is 0 Å². The van der Waals surface area contributed by atoms with Crippen molar-refractivity contribution in [3.05, 3.63) is 365 Å². The third kappa shape index (κ3) is 12.6. The van der Waals surface area contributed by atoms with Crippen LogP contribution in [-0.2, 0) is 11.8 Å². The minimum absolute atomic E-state index is 0.137. The number of benzene rings is 13. The fraction of sp³-hybridized carbons (Fsp3) is 0.257. The zero-order valence-corrected chi connectivity index (χ0v) is 61.3. The van der Waals surface area contributed by atoms with Gasteiger partial charge in [-0.2, -0.15) is 0 Å². The van der Waals surface area contributed by atoms with Gasteiger partial charge in [0.25, 0.3) is 0 Å². The molecule has 13 aromatic carbocycles. The Kier molecular flexibility index (Phi) is 18.2. The fourth-order valence-corrected chi connectivity index (χ4v) is 20.6. The van der Waals surface area contributed by atoms with E-state index in [1.54, 1.807) is 5.56 Å². The van der Waals surface area contributed by atoms with Crippen LogP contribution < -0.4 is 0 Å². The van der Waals surface area contributed by atoms with Crippen LogP contribution in [0.5, 0.6) is 0 Å². The number of hydrogen-bond donors (Lipinski definition) is 1. The average molecular weight is 1370 g/mol. The summed E-state index contributed by atoms with van der Waals surface area (Å²) in [5.74, 6) is 2.55. The Hall–Kier alpha value is -10.2. The van der Waals surface area contributed by atoms with Gasteiger partial charge in [-0.1, -0.05) is 343 Å². The molecule has 0 amide bonds. The Morgan fingerprint density at radius 3 is 1.17 bits per heavy atom. The summed E-state index contributed by atoms with van der Waals surface area (Å²) in [6, 6.07) is 116. The highest BCUT2D eigenvalue weighted by atomic mass is 16.3. The first-order chi connectivity index (χ1) is 52.4. The molecule has 0 saturated heterocycles. The van der Waals surface area contributed by atoms with Gasteiger partial charge in [-0.3, -0.25) is 0 Å². The predicted octanol–water partition coefficient (Wildman–Crippen LogP) is 28.1. The van der Waals surface area contributed by atoms with Gasteiger partial charge in [-0.05, 0) is 262 Å². The molecule has 1 heteroatoms. The maximum absolute atomic E-state index is 11.0. The highest BCUT2D eigenvalue weighted by Gasteiger charge is 2.52. The van der Waals surface area contributed by atoms with Crippen LogP contribution in [-0.4, -0.2) is 11.2 Å². The van der Waals surface area contributed by atoms with Gasteiger partial charge in [0.15, 0.2) is 0 Å². The SMILES string of the molecule is OC1CCCCC1c1ccc(-c2ccc(C3=CC(C4(c5cc(-c6ccc(-c7ccc(C8CCCCC8)cc7)cc6)cc6ccc(C7CCC(c8ccc(C9CCCCC9)cc8)CC7)cc56)c5ccccc5-c5ccccc54)c4cc(-c5ccc(-c6ccc(-c7ccccc7)cc6)cc5)ccc4C3)cc2)cc1. The Morgan fingerprint density at radius 1 is 0.264 bits per heavy atom. The topological polar surface area (TPSA) is 20.2 Å². The molecule has 6 aliphatic rings. The highest BCUT2D eigenvalue weighted by molar-refractivity contribution is 5.97. The third-order valence-corrected chi connectivity index (χ3v) is 26.5. The zero-order chi connectivity index (χ0) is 70.5. The Bertz CT molecular complexity index is 5260. The number of hydrogen-bond acceptors (Lipinski definition) is 1. The van der Waals surface area contributed by atoms with Crippen molar-refractivity contribution in [1.29, 1.82) is 0 Å². The number of allylic oxidation sites excluding steroid dienone is 2. The van der Waals surface area contributed by atoms with Crippen LogP contribution in [0.3, 0.4) is 0 Å². The minimum Gasteiger partial charge on any atom is -0.392 e. The van der Waals surface area contributed by atoms with Crippen LogP contribution in [0.1, 0.15) is 212 Å². The molecule has 0 aromatic heterocycles. The van der Waals surface area contributed by atoms with Gasteiger partial charge in [0, 0.05) is 11.8 Å². The van der Waals surface area contributed by atoms with Crippen LogP contribution in [0.2, 0.25) is 0 Å². The molecule has 3 atom stereocenters. The van der Waals surface area contributed by atoms with Gasteiger partial charge in [-0.15, -0.1) is 0 Å². The molecule has 1 N–H and O–H groups in total. The molecule has 13 aromatic rings. The first-order valence-electron chi connectivity index (χ1n) is 40.5. The Balaban J connectivity index is 0.763. The molecule has 522 valence electrons. The molecule has 4 saturated carbocycles. The normalized spacial score (nSPS) is 20.1.